The molecule has 3 nitrogen and oxygen atoms in total. The van der Waals surface area contributed by atoms with Gasteiger partial charge in [-0.2, -0.15) is 5.26 Å². The molecule has 0 spiro atoms. The van der Waals surface area contributed by atoms with Gasteiger partial charge in [-0.1, -0.05) is 25.6 Å². The van der Waals surface area contributed by atoms with Gasteiger partial charge in [0, 0.05) is 0 Å². The van der Waals surface area contributed by atoms with E-state index in [1.165, 1.54) is 11.8 Å². The lowest BCUT2D eigenvalue weighted by Crippen LogP contribution is -2.14. The Balaban J connectivity index is 2.50. The average Bonchev–Trinajstić information content (AvgIpc) is 2.58. The monoisotopic (exact) mass is 183 g/mol. The van der Waals surface area contributed by atoms with Crippen LogP contribution in [0.25, 0.3) is 0 Å². The molecular formula is C8H13N3S. The number of nitrogens with zero attached hydrogens (tertiary/aromatic N) is 2. The maximum Gasteiger partial charge on any atom is 0.183 e. The van der Waals surface area contributed by atoms with Gasteiger partial charge in [-0.05, 0) is 18.1 Å². The average molecular weight is 183 g/mol. The second kappa shape index (κ2) is 3.36. The van der Waals surface area contributed by atoms with Crippen molar-refractivity contribution in [2.24, 2.45) is 10.4 Å². The first-order valence-corrected chi connectivity index (χ1v) is 5.09. The highest BCUT2D eigenvalue weighted by molar-refractivity contribution is 8.13. The lowest BCUT2D eigenvalue weighted by Gasteiger charge is -2.00. The summed E-state index contributed by atoms with van der Waals surface area (Å²) in [5.41, 5.74) is 0.345. The molecule has 66 valence electrons. The molecule has 1 atom stereocenters. The highest BCUT2D eigenvalue weighted by Gasteiger charge is 2.45. The fraction of sp³-hybridized carbons (Fsp3) is 0.750. The van der Waals surface area contributed by atoms with Crippen molar-refractivity contribution in [1.82, 2.24) is 5.32 Å². The standard InChI is InChI=1S/C8H13N3S/c1-8(2)4-6(8)11-7(12-3)10-5-9/h6H,4H2,1-3H3,(H,10,11). The first kappa shape index (κ1) is 9.40. The summed E-state index contributed by atoms with van der Waals surface area (Å²) in [5.74, 6) is 0. The zero-order chi connectivity index (χ0) is 9.19. The molecule has 1 unspecified atom stereocenters. The van der Waals surface area contributed by atoms with Crippen molar-refractivity contribution in [2.75, 3.05) is 6.26 Å². The van der Waals surface area contributed by atoms with E-state index in [0.29, 0.717) is 11.5 Å². The first-order chi connectivity index (χ1) is 5.60. The largest absolute Gasteiger partial charge is 0.272 e. The molecule has 1 fully saturated rings. The second-order valence-electron chi connectivity index (χ2n) is 3.58. The van der Waals surface area contributed by atoms with E-state index in [0.717, 1.165) is 11.6 Å². The molecule has 0 heterocycles. The van der Waals surface area contributed by atoms with Crippen molar-refractivity contribution in [3.05, 3.63) is 0 Å². The van der Waals surface area contributed by atoms with Gasteiger partial charge in [-0.15, -0.1) is 0 Å². The van der Waals surface area contributed by atoms with Crippen LogP contribution in [0, 0.1) is 16.9 Å². The number of aliphatic imine (C=N–C) groups is 1. The van der Waals surface area contributed by atoms with E-state index in [1.54, 1.807) is 0 Å². The third-order valence-electron chi connectivity index (χ3n) is 2.09. The van der Waals surface area contributed by atoms with Crippen LogP contribution >= 0.6 is 11.8 Å². The molecule has 1 aliphatic carbocycles. The van der Waals surface area contributed by atoms with E-state index in [1.807, 2.05) is 12.4 Å². The summed E-state index contributed by atoms with van der Waals surface area (Å²) < 4.78 is 0. The third-order valence-corrected chi connectivity index (χ3v) is 2.68. The van der Waals surface area contributed by atoms with Crippen LogP contribution in [0.15, 0.2) is 4.99 Å². The van der Waals surface area contributed by atoms with Crippen LogP contribution in [0.1, 0.15) is 20.3 Å². The van der Waals surface area contributed by atoms with Gasteiger partial charge in [0.1, 0.15) is 0 Å². The van der Waals surface area contributed by atoms with Gasteiger partial charge in [-0.25, -0.2) is 0 Å². The highest BCUT2D eigenvalue weighted by atomic mass is 32.2. The Morgan fingerprint density at radius 1 is 1.75 bits per heavy atom. The zero-order valence-electron chi connectivity index (χ0n) is 7.59. The Kier molecular flexibility index (Phi) is 2.63. The van der Waals surface area contributed by atoms with Gasteiger partial charge in [-0.3, -0.25) is 10.3 Å². The predicted octanol–water partition coefficient (Wildman–Crippen LogP) is 1.57. The molecule has 1 rings (SSSR count). The summed E-state index contributed by atoms with van der Waals surface area (Å²) in [5, 5.41) is 11.7. The van der Waals surface area contributed by atoms with Crippen molar-refractivity contribution in [3.8, 4) is 6.19 Å². The quantitative estimate of drug-likeness (QED) is 0.290. The van der Waals surface area contributed by atoms with Crippen molar-refractivity contribution in [1.29, 1.82) is 5.26 Å². The Hall–Kier alpha value is -0.690. The molecule has 0 radical (unpaired) electrons. The minimum Gasteiger partial charge on any atom is -0.272 e. The number of thioether (sulfide) groups is 1. The van der Waals surface area contributed by atoms with Crippen molar-refractivity contribution < 1.29 is 0 Å². The fourth-order valence-corrected chi connectivity index (χ4v) is 1.37. The van der Waals surface area contributed by atoms with E-state index < -0.39 is 0 Å². The van der Waals surface area contributed by atoms with Gasteiger partial charge in [0.25, 0.3) is 0 Å². The molecule has 0 aromatic rings. The van der Waals surface area contributed by atoms with E-state index >= 15 is 0 Å². The molecule has 4 heteroatoms. The molecule has 0 amide bonds. The summed E-state index contributed by atoms with van der Waals surface area (Å²) in [4.78, 5) is 4.40. The predicted molar refractivity (Wildman–Crippen MR) is 51.9 cm³/mol. The number of hydrogen-bond donors (Lipinski definition) is 1. The Morgan fingerprint density at radius 3 is 2.67 bits per heavy atom. The van der Waals surface area contributed by atoms with Crippen LogP contribution < -0.4 is 5.32 Å². The van der Waals surface area contributed by atoms with E-state index in [9.17, 15) is 0 Å². The van der Waals surface area contributed by atoms with Gasteiger partial charge in [0.2, 0.25) is 0 Å². The van der Waals surface area contributed by atoms with Crippen LogP contribution in [0.2, 0.25) is 0 Å². The van der Waals surface area contributed by atoms with Gasteiger partial charge in [0.05, 0.1) is 6.04 Å². The number of nitriles is 1. The normalized spacial score (nSPS) is 26.2. The number of amidine groups is 1. The van der Waals surface area contributed by atoms with Crippen LogP contribution in [0.4, 0.5) is 0 Å². The summed E-state index contributed by atoms with van der Waals surface area (Å²) >= 11 is 1.48. The van der Waals surface area contributed by atoms with Crippen molar-refractivity contribution >= 4 is 16.9 Å². The molecule has 0 aliphatic heterocycles. The lowest BCUT2D eigenvalue weighted by atomic mass is 10.2. The van der Waals surface area contributed by atoms with Crippen molar-refractivity contribution in [2.45, 2.75) is 26.3 Å². The topological polar surface area (TPSA) is 48.2 Å². The SMILES string of the molecule is CSC(=NC1CC1(C)C)NC#N. The molecule has 0 bridgehead atoms. The summed E-state index contributed by atoms with van der Waals surface area (Å²) in [6.45, 7) is 4.37. The van der Waals surface area contributed by atoms with E-state index in [2.05, 4.69) is 24.2 Å². The van der Waals surface area contributed by atoms with Crippen molar-refractivity contribution in [3.63, 3.8) is 0 Å². The third kappa shape index (κ3) is 2.15. The molecular weight excluding hydrogens is 170 g/mol. The minimum atomic E-state index is 0.345. The van der Waals surface area contributed by atoms with Crippen LogP contribution in [-0.2, 0) is 0 Å². The highest BCUT2D eigenvalue weighted by Crippen LogP contribution is 2.47. The first-order valence-electron chi connectivity index (χ1n) is 3.87. The molecule has 0 aromatic heterocycles. The fourth-order valence-electron chi connectivity index (χ4n) is 0.985. The van der Waals surface area contributed by atoms with Gasteiger partial charge < -0.3 is 0 Å². The molecule has 0 saturated heterocycles. The molecule has 1 saturated carbocycles. The van der Waals surface area contributed by atoms with Crippen LogP contribution in [0.5, 0.6) is 0 Å². The summed E-state index contributed by atoms with van der Waals surface area (Å²) in [7, 11) is 0. The number of hydrogen-bond acceptors (Lipinski definition) is 3. The van der Waals surface area contributed by atoms with Gasteiger partial charge in [0.15, 0.2) is 11.4 Å². The van der Waals surface area contributed by atoms with Crippen LogP contribution in [-0.4, -0.2) is 17.5 Å². The Bertz CT molecular complexity index is 239. The maximum absolute atomic E-state index is 8.38. The number of rotatable bonds is 1. The van der Waals surface area contributed by atoms with Gasteiger partial charge >= 0.3 is 0 Å². The smallest absolute Gasteiger partial charge is 0.183 e. The maximum atomic E-state index is 8.38. The molecule has 12 heavy (non-hydrogen) atoms. The second-order valence-corrected chi connectivity index (χ2v) is 4.38. The lowest BCUT2D eigenvalue weighted by molar-refractivity contribution is 0.618. The summed E-state index contributed by atoms with van der Waals surface area (Å²) in [6, 6.07) is 0.404. The zero-order valence-corrected chi connectivity index (χ0v) is 8.40. The molecule has 1 N–H and O–H groups in total. The van der Waals surface area contributed by atoms with E-state index in [-0.39, 0.29) is 0 Å². The molecule has 1 aliphatic rings. The molecule has 0 aromatic carbocycles. The Labute approximate surface area is 77.2 Å². The van der Waals surface area contributed by atoms with Crippen LogP contribution in [0.3, 0.4) is 0 Å². The Morgan fingerprint density at radius 2 is 2.33 bits per heavy atom. The minimum absolute atomic E-state index is 0.345. The summed E-state index contributed by atoms with van der Waals surface area (Å²) in [6.07, 6.45) is 4.92. The number of nitrogens with one attached hydrogen (secondary N) is 1. The van der Waals surface area contributed by atoms with E-state index in [4.69, 9.17) is 5.26 Å².